The zero-order chi connectivity index (χ0) is 12.1. The molecule has 0 saturated carbocycles. The van der Waals surface area contributed by atoms with Gasteiger partial charge >= 0.3 is 0 Å². The van der Waals surface area contributed by atoms with Crippen LogP contribution in [0.4, 0.5) is 0 Å². The van der Waals surface area contributed by atoms with Gasteiger partial charge in [-0.1, -0.05) is 6.07 Å². The van der Waals surface area contributed by atoms with Crippen molar-refractivity contribution in [1.82, 2.24) is 4.98 Å². The predicted octanol–water partition coefficient (Wildman–Crippen LogP) is 2.74. The smallest absolute Gasteiger partial charge is 0.0600 e. The lowest BCUT2D eigenvalue weighted by Gasteiger charge is -2.14. The van der Waals surface area contributed by atoms with Gasteiger partial charge in [-0.3, -0.25) is 4.98 Å². The third-order valence-corrected chi connectivity index (χ3v) is 3.47. The van der Waals surface area contributed by atoms with Gasteiger partial charge in [-0.25, -0.2) is 0 Å². The number of aryl methyl sites for hydroxylation is 1. The summed E-state index contributed by atoms with van der Waals surface area (Å²) >= 11 is 0. The van der Waals surface area contributed by atoms with Crippen LogP contribution in [0.1, 0.15) is 49.4 Å². The molecule has 0 bridgehead atoms. The first kappa shape index (κ1) is 12.5. The van der Waals surface area contributed by atoms with E-state index in [1.54, 1.807) is 0 Å². The molecule has 1 aromatic rings. The van der Waals surface area contributed by atoms with Crippen LogP contribution >= 0.6 is 0 Å². The summed E-state index contributed by atoms with van der Waals surface area (Å²) in [5, 5.41) is 0. The van der Waals surface area contributed by atoms with Gasteiger partial charge in [0.1, 0.15) is 0 Å². The zero-order valence-corrected chi connectivity index (χ0v) is 10.6. The van der Waals surface area contributed by atoms with Crippen molar-refractivity contribution in [1.29, 1.82) is 0 Å². The number of nitrogens with zero attached hydrogens (tertiary/aromatic N) is 1. The molecule has 0 amide bonds. The number of hydrogen-bond acceptors (Lipinski definition) is 3. The van der Waals surface area contributed by atoms with E-state index < -0.39 is 0 Å². The average molecular weight is 234 g/mol. The van der Waals surface area contributed by atoms with Crippen molar-refractivity contribution in [2.45, 2.75) is 51.2 Å². The monoisotopic (exact) mass is 234 g/mol. The average Bonchev–Trinajstić information content (AvgIpc) is 2.82. The van der Waals surface area contributed by atoms with Crippen LogP contribution in [0, 0.1) is 6.92 Å². The molecular weight excluding hydrogens is 212 g/mol. The first-order chi connectivity index (χ1) is 8.27. The van der Waals surface area contributed by atoms with Gasteiger partial charge in [0.15, 0.2) is 0 Å². The molecule has 2 N–H and O–H groups in total. The first-order valence-corrected chi connectivity index (χ1v) is 6.56. The third-order valence-electron chi connectivity index (χ3n) is 3.47. The van der Waals surface area contributed by atoms with Gasteiger partial charge in [-0.05, 0) is 50.7 Å². The van der Waals surface area contributed by atoms with Gasteiger partial charge in [0.05, 0.1) is 11.8 Å². The number of pyridine rings is 1. The summed E-state index contributed by atoms with van der Waals surface area (Å²) in [5.74, 6) is 0. The van der Waals surface area contributed by atoms with Gasteiger partial charge in [-0.2, -0.15) is 0 Å². The van der Waals surface area contributed by atoms with Crippen molar-refractivity contribution in [3.63, 3.8) is 0 Å². The molecule has 1 saturated heterocycles. The van der Waals surface area contributed by atoms with E-state index in [2.05, 4.69) is 18.0 Å². The molecule has 1 aromatic heterocycles. The van der Waals surface area contributed by atoms with E-state index in [4.69, 9.17) is 10.5 Å². The van der Waals surface area contributed by atoms with Gasteiger partial charge in [0.2, 0.25) is 0 Å². The Balaban J connectivity index is 1.77. The maximum Gasteiger partial charge on any atom is 0.0600 e. The molecule has 1 aliphatic heterocycles. The summed E-state index contributed by atoms with van der Waals surface area (Å²) in [5.41, 5.74) is 8.41. The maximum absolute atomic E-state index is 6.18. The summed E-state index contributed by atoms with van der Waals surface area (Å²) in [6.45, 7) is 3.01. The summed E-state index contributed by atoms with van der Waals surface area (Å²) in [6, 6.07) is 4.10. The Morgan fingerprint density at radius 3 is 3.18 bits per heavy atom. The molecule has 0 aliphatic carbocycles. The minimum absolute atomic E-state index is 0.0672. The zero-order valence-electron chi connectivity index (χ0n) is 10.6. The molecule has 0 aromatic carbocycles. The van der Waals surface area contributed by atoms with Crippen molar-refractivity contribution in [3.05, 3.63) is 29.6 Å². The van der Waals surface area contributed by atoms with E-state index in [1.165, 1.54) is 18.4 Å². The first-order valence-electron chi connectivity index (χ1n) is 6.56. The van der Waals surface area contributed by atoms with Crippen molar-refractivity contribution >= 4 is 0 Å². The van der Waals surface area contributed by atoms with Crippen LogP contribution in [0.15, 0.2) is 18.3 Å². The molecular formula is C14H22N2O. The number of ether oxygens (including phenoxy) is 1. The quantitative estimate of drug-likeness (QED) is 0.852. The summed E-state index contributed by atoms with van der Waals surface area (Å²) < 4.78 is 5.61. The molecule has 94 valence electrons. The third kappa shape index (κ3) is 3.51. The summed E-state index contributed by atoms with van der Waals surface area (Å²) in [4.78, 5) is 4.37. The fraction of sp³-hybridized carbons (Fsp3) is 0.643. The van der Waals surface area contributed by atoms with Gasteiger partial charge in [0, 0.05) is 18.8 Å². The molecule has 2 unspecified atom stereocenters. The highest BCUT2D eigenvalue weighted by Gasteiger charge is 2.16. The lowest BCUT2D eigenvalue weighted by atomic mass is 10.0. The van der Waals surface area contributed by atoms with E-state index in [0.717, 1.165) is 31.6 Å². The van der Waals surface area contributed by atoms with Gasteiger partial charge in [-0.15, -0.1) is 0 Å². The van der Waals surface area contributed by atoms with Crippen LogP contribution in [0.25, 0.3) is 0 Å². The Hall–Kier alpha value is -0.930. The van der Waals surface area contributed by atoms with Crippen molar-refractivity contribution in [2.75, 3.05) is 6.61 Å². The molecule has 3 nitrogen and oxygen atoms in total. The normalized spacial score (nSPS) is 21.6. The number of hydrogen-bond donors (Lipinski definition) is 1. The van der Waals surface area contributed by atoms with Crippen molar-refractivity contribution in [2.24, 2.45) is 5.73 Å². The van der Waals surface area contributed by atoms with Crippen LogP contribution in [-0.4, -0.2) is 17.7 Å². The highest BCUT2D eigenvalue weighted by Crippen LogP contribution is 2.22. The second kappa shape index (κ2) is 6.12. The molecule has 2 heterocycles. The summed E-state index contributed by atoms with van der Waals surface area (Å²) in [7, 11) is 0. The van der Waals surface area contributed by atoms with E-state index in [0.29, 0.717) is 6.10 Å². The molecule has 2 rings (SSSR count). The van der Waals surface area contributed by atoms with E-state index >= 15 is 0 Å². The molecule has 17 heavy (non-hydrogen) atoms. The van der Waals surface area contributed by atoms with Gasteiger partial charge in [0.25, 0.3) is 0 Å². The molecule has 2 atom stereocenters. The highest BCUT2D eigenvalue weighted by molar-refractivity contribution is 5.20. The van der Waals surface area contributed by atoms with Crippen LogP contribution in [0.5, 0.6) is 0 Å². The lowest BCUT2D eigenvalue weighted by Crippen LogP contribution is -2.14. The Morgan fingerprint density at radius 2 is 2.47 bits per heavy atom. The van der Waals surface area contributed by atoms with Crippen LogP contribution in [-0.2, 0) is 4.74 Å². The van der Waals surface area contributed by atoms with Gasteiger partial charge < -0.3 is 10.5 Å². The van der Waals surface area contributed by atoms with Crippen LogP contribution < -0.4 is 5.73 Å². The van der Waals surface area contributed by atoms with Crippen LogP contribution in [0.2, 0.25) is 0 Å². The molecule has 1 fully saturated rings. The fourth-order valence-corrected chi connectivity index (χ4v) is 2.46. The van der Waals surface area contributed by atoms with E-state index in [-0.39, 0.29) is 6.04 Å². The second-order valence-electron chi connectivity index (χ2n) is 4.88. The largest absolute Gasteiger partial charge is 0.378 e. The number of nitrogens with two attached hydrogens (primary N) is 1. The second-order valence-corrected chi connectivity index (χ2v) is 4.88. The predicted molar refractivity (Wildman–Crippen MR) is 68.7 cm³/mol. The van der Waals surface area contributed by atoms with E-state index in [9.17, 15) is 0 Å². The number of rotatable bonds is 5. The fourth-order valence-electron chi connectivity index (χ4n) is 2.46. The Labute approximate surface area is 103 Å². The van der Waals surface area contributed by atoms with Crippen molar-refractivity contribution in [3.8, 4) is 0 Å². The summed E-state index contributed by atoms with van der Waals surface area (Å²) in [6.07, 6.45) is 8.00. The standard InChI is InChI=1S/C14H22N2O/c1-11-5-3-9-16-14(11)13(15)8-2-6-12-7-4-10-17-12/h3,5,9,12-13H,2,4,6-8,10,15H2,1H3. The minimum atomic E-state index is 0.0672. The topological polar surface area (TPSA) is 48.1 Å². The van der Waals surface area contributed by atoms with Crippen molar-refractivity contribution < 1.29 is 4.74 Å². The Kier molecular flexibility index (Phi) is 4.51. The Bertz CT molecular complexity index is 348. The lowest BCUT2D eigenvalue weighted by molar-refractivity contribution is 0.101. The maximum atomic E-state index is 6.18. The Morgan fingerprint density at radius 1 is 1.59 bits per heavy atom. The number of aromatic nitrogens is 1. The SMILES string of the molecule is Cc1cccnc1C(N)CCCC1CCCO1. The molecule has 3 heteroatoms. The minimum Gasteiger partial charge on any atom is -0.378 e. The van der Waals surface area contributed by atoms with E-state index in [1.807, 2.05) is 12.3 Å². The van der Waals surface area contributed by atoms with Crippen LogP contribution in [0.3, 0.4) is 0 Å². The highest BCUT2D eigenvalue weighted by atomic mass is 16.5. The molecule has 0 spiro atoms. The molecule has 1 aliphatic rings. The molecule has 0 radical (unpaired) electrons.